The number of nitrogens with zero attached hydrogens (tertiary/aromatic N) is 1. The molecular weight excluding hydrogens is 312 g/mol. The maximum Gasteiger partial charge on any atom is 0.317 e. The van der Waals surface area contributed by atoms with Gasteiger partial charge in [0.05, 0.1) is 16.3 Å². The van der Waals surface area contributed by atoms with Crippen molar-refractivity contribution in [2.45, 2.75) is 25.8 Å². The third-order valence-corrected chi connectivity index (χ3v) is 5.86. The number of halogens is 1. The summed E-state index contributed by atoms with van der Waals surface area (Å²) in [6, 6.07) is 3.49. The van der Waals surface area contributed by atoms with Crippen LogP contribution in [0.1, 0.15) is 24.1 Å². The summed E-state index contributed by atoms with van der Waals surface area (Å²) in [5.41, 5.74) is -0.719. The highest BCUT2D eigenvalue weighted by Gasteiger charge is 2.55. The molecule has 5 nitrogen and oxygen atoms in total. The maximum atomic E-state index is 12.2. The maximum absolute atomic E-state index is 12.2. The van der Waals surface area contributed by atoms with Gasteiger partial charge < -0.3 is 15.3 Å². The van der Waals surface area contributed by atoms with E-state index in [1.807, 2.05) is 6.07 Å². The van der Waals surface area contributed by atoms with Crippen molar-refractivity contribution >= 4 is 34.9 Å². The van der Waals surface area contributed by atoms with Gasteiger partial charge in [0.25, 0.3) is 0 Å². The van der Waals surface area contributed by atoms with E-state index in [2.05, 4.69) is 5.32 Å². The summed E-state index contributed by atoms with van der Waals surface area (Å²) in [4.78, 5) is 26.4. The zero-order valence-corrected chi connectivity index (χ0v) is 13.0. The van der Waals surface area contributed by atoms with Crippen LogP contribution in [0.3, 0.4) is 0 Å². The second kappa shape index (κ2) is 5.50. The van der Waals surface area contributed by atoms with Crippen molar-refractivity contribution in [2.24, 2.45) is 11.3 Å². The van der Waals surface area contributed by atoms with Crippen LogP contribution in [-0.2, 0) is 11.3 Å². The van der Waals surface area contributed by atoms with E-state index in [-0.39, 0.29) is 11.9 Å². The summed E-state index contributed by atoms with van der Waals surface area (Å²) in [7, 11) is 0. The third-order valence-electron chi connectivity index (χ3n) is 4.63. The molecule has 0 unspecified atom stereocenters. The molecule has 1 aliphatic heterocycles. The molecule has 2 atom stereocenters. The van der Waals surface area contributed by atoms with E-state index in [1.54, 1.807) is 11.0 Å². The highest BCUT2D eigenvalue weighted by atomic mass is 35.5. The van der Waals surface area contributed by atoms with Gasteiger partial charge in [-0.05, 0) is 30.9 Å². The minimum atomic E-state index is -0.759. The predicted octanol–water partition coefficient (Wildman–Crippen LogP) is 2.80. The Morgan fingerprint density at radius 3 is 2.95 bits per heavy atom. The van der Waals surface area contributed by atoms with Gasteiger partial charge in [0.1, 0.15) is 0 Å². The van der Waals surface area contributed by atoms with Crippen LogP contribution in [0.5, 0.6) is 0 Å². The van der Waals surface area contributed by atoms with Crippen molar-refractivity contribution in [2.75, 3.05) is 13.1 Å². The lowest BCUT2D eigenvalue weighted by molar-refractivity contribution is -0.149. The number of likely N-dealkylation sites (tertiary alicyclic amines) is 1. The number of carboxylic acid groups (broad SMARTS) is 1. The Hall–Kier alpha value is -1.27. The van der Waals surface area contributed by atoms with E-state index >= 15 is 0 Å². The molecule has 1 aromatic heterocycles. The molecule has 0 aromatic carbocycles. The van der Waals surface area contributed by atoms with Crippen molar-refractivity contribution in [1.29, 1.82) is 0 Å². The number of nitrogens with one attached hydrogen (secondary N) is 1. The Bertz CT molecular complexity index is 576. The van der Waals surface area contributed by atoms with Crippen LogP contribution in [0.25, 0.3) is 0 Å². The van der Waals surface area contributed by atoms with Gasteiger partial charge in [0.15, 0.2) is 0 Å². The van der Waals surface area contributed by atoms with Crippen LogP contribution >= 0.6 is 22.9 Å². The number of thiophene rings is 1. The number of carboxylic acids is 1. The second-order valence-corrected chi connectivity index (χ2v) is 7.60. The topological polar surface area (TPSA) is 69.6 Å². The van der Waals surface area contributed by atoms with Gasteiger partial charge in [-0.3, -0.25) is 4.79 Å². The molecule has 0 spiro atoms. The summed E-state index contributed by atoms with van der Waals surface area (Å²) >= 11 is 7.28. The summed E-state index contributed by atoms with van der Waals surface area (Å²) < 4.78 is 0.694. The Kier molecular flexibility index (Phi) is 3.84. The predicted molar refractivity (Wildman–Crippen MR) is 80.5 cm³/mol. The fourth-order valence-corrected chi connectivity index (χ4v) is 4.54. The van der Waals surface area contributed by atoms with E-state index in [1.165, 1.54) is 11.3 Å². The largest absolute Gasteiger partial charge is 0.481 e. The van der Waals surface area contributed by atoms with Crippen molar-refractivity contribution in [1.82, 2.24) is 10.2 Å². The molecule has 1 saturated heterocycles. The minimum absolute atomic E-state index is 0.0944. The van der Waals surface area contributed by atoms with Gasteiger partial charge in [-0.2, -0.15) is 0 Å². The Labute approximate surface area is 131 Å². The lowest BCUT2D eigenvalue weighted by atomic mass is 9.81. The van der Waals surface area contributed by atoms with Crippen LogP contribution in [0, 0.1) is 11.3 Å². The van der Waals surface area contributed by atoms with Crippen LogP contribution in [0.4, 0.5) is 4.79 Å². The van der Waals surface area contributed by atoms with Gasteiger partial charge >= 0.3 is 12.0 Å². The molecule has 0 radical (unpaired) electrons. The van der Waals surface area contributed by atoms with E-state index in [0.29, 0.717) is 30.4 Å². The van der Waals surface area contributed by atoms with E-state index < -0.39 is 11.4 Å². The van der Waals surface area contributed by atoms with Gasteiger partial charge in [0, 0.05) is 18.0 Å². The van der Waals surface area contributed by atoms with Gasteiger partial charge in [-0.15, -0.1) is 11.3 Å². The first kappa shape index (κ1) is 14.7. The number of rotatable bonds is 3. The van der Waals surface area contributed by atoms with Gasteiger partial charge in [0.2, 0.25) is 0 Å². The number of carbonyl (C=O) groups excluding carboxylic acids is 1. The van der Waals surface area contributed by atoms with Crippen molar-refractivity contribution in [3.05, 3.63) is 21.3 Å². The molecule has 1 aliphatic carbocycles. The number of urea groups is 1. The zero-order valence-electron chi connectivity index (χ0n) is 11.5. The quantitative estimate of drug-likeness (QED) is 0.896. The summed E-state index contributed by atoms with van der Waals surface area (Å²) in [6.45, 7) is 1.30. The summed E-state index contributed by atoms with van der Waals surface area (Å²) in [6.07, 6.45) is 2.52. The number of hydrogen-bond donors (Lipinski definition) is 2. The number of hydrogen-bond acceptors (Lipinski definition) is 3. The van der Waals surface area contributed by atoms with Crippen LogP contribution < -0.4 is 5.32 Å². The number of aliphatic carboxylic acids is 1. The Balaban J connectivity index is 1.61. The fraction of sp³-hybridized carbons (Fsp3) is 0.571. The lowest BCUT2D eigenvalue weighted by Crippen LogP contribution is -2.41. The normalized spacial score (nSPS) is 27.7. The van der Waals surface area contributed by atoms with Gasteiger partial charge in [-0.1, -0.05) is 18.0 Å². The molecule has 21 heavy (non-hydrogen) atoms. The summed E-state index contributed by atoms with van der Waals surface area (Å²) in [5.74, 6) is -0.665. The molecule has 114 valence electrons. The zero-order chi connectivity index (χ0) is 15.0. The monoisotopic (exact) mass is 328 g/mol. The fourth-order valence-electron chi connectivity index (χ4n) is 3.51. The number of fused-ring (bicyclic) bond motifs is 1. The molecule has 1 aromatic rings. The van der Waals surface area contributed by atoms with E-state index in [4.69, 9.17) is 11.6 Å². The van der Waals surface area contributed by atoms with Crippen LogP contribution in [0.2, 0.25) is 4.34 Å². The van der Waals surface area contributed by atoms with E-state index in [0.717, 1.165) is 17.7 Å². The first-order valence-corrected chi connectivity index (χ1v) is 8.21. The number of amides is 2. The smallest absolute Gasteiger partial charge is 0.317 e. The van der Waals surface area contributed by atoms with E-state index in [9.17, 15) is 14.7 Å². The second-order valence-electron chi connectivity index (χ2n) is 5.80. The molecule has 2 heterocycles. The van der Waals surface area contributed by atoms with Crippen LogP contribution in [-0.4, -0.2) is 35.1 Å². The number of carbonyl (C=O) groups is 2. The molecular formula is C14H17ClN2O3S. The third kappa shape index (κ3) is 2.62. The SMILES string of the molecule is O=C(NCc1ccc(Cl)s1)N1C[C@@H]2CCC[C@@]2(C(=O)O)C1. The first-order chi connectivity index (χ1) is 10.0. The first-order valence-electron chi connectivity index (χ1n) is 7.02. The highest BCUT2D eigenvalue weighted by Crippen LogP contribution is 2.48. The standard InChI is InChI=1S/C14H17ClN2O3S/c15-11-4-3-10(21-11)6-16-13(20)17-7-9-2-1-5-14(9,8-17)12(18)19/h3-4,9H,1-2,5-8H2,(H,16,20)(H,18,19)/t9-,14+/m0/s1. The molecule has 2 N–H and O–H groups in total. The Morgan fingerprint density at radius 2 is 2.33 bits per heavy atom. The van der Waals surface area contributed by atoms with Crippen molar-refractivity contribution in [3.63, 3.8) is 0 Å². The molecule has 7 heteroatoms. The summed E-state index contributed by atoms with van der Waals surface area (Å²) in [5, 5.41) is 12.4. The van der Waals surface area contributed by atoms with Gasteiger partial charge in [-0.25, -0.2) is 4.79 Å². The van der Waals surface area contributed by atoms with Crippen molar-refractivity contribution in [3.8, 4) is 0 Å². The minimum Gasteiger partial charge on any atom is -0.481 e. The van der Waals surface area contributed by atoms with Crippen LogP contribution in [0.15, 0.2) is 12.1 Å². The molecule has 1 saturated carbocycles. The lowest BCUT2D eigenvalue weighted by Gasteiger charge is -2.23. The molecule has 2 amide bonds. The molecule has 3 rings (SSSR count). The average molecular weight is 329 g/mol. The highest BCUT2D eigenvalue weighted by molar-refractivity contribution is 7.16. The molecule has 2 fully saturated rings. The molecule has 0 bridgehead atoms. The average Bonchev–Trinajstić information content (AvgIpc) is 3.09. The Morgan fingerprint density at radius 1 is 1.52 bits per heavy atom. The molecule has 2 aliphatic rings. The van der Waals surface area contributed by atoms with Crippen molar-refractivity contribution < 1.29 is 14.7 Å².